The summed E-state index contributed by atoms with van der Waals surface area (Å²) in [7, 11) is 0. The molecule has 1 fully saturated rings. The molecule has 0 bridgehead atoms. The Kier molecular flexibility index (Phi) is 6.57. The van der Waals surface area contributed by atoms with E-state index in [4.69, 9.17) is 39.5 Å². The zero-order valence-corrected chi connectivity index (χ0v) is 15.0. The summed E-state index contributed by atoms with van der Waals surface area (Å²) in [5.74, 6) is -0.666. The molecule has 1 saturated carbocycles. The van der Waals surface area contributed by atoms with Crippen LogP contribution in [0.3, 0.4) is 0 Å². The second-order valence-electron chi connectivity index (χ2n) is 5.73. The number of amides is 1. The van der Waals surface area contributed by atoms with E-state index in [1.165, 1.54) is 18.6 Å². The lowest BCUT2D eigenvalue weighted by atomic mass is 9.86. The molecule has 1 N–H and O–H groups in total. The van der Waals surface area contributed by atoms with Crippen molar-refractivity contribution in [2.45, 2.75) is 38.6 Å². The maximum atomic E-state index is 12.1. The van der Waals surface area contributed by atoms with E-state index in [2.05, 4.69) is 12.2 Å². The lowest BCUT2D eigenvalue weighted by molar-refractivity contribution is -0.125. The fourth-order valence-corrected chi connectivity index (χ4v) is 3.38. The quantitative estimate of drug-likeness (QED) is 0.620. The predicted molar refractivity (Wildman–Crippen MR) is 91.3 cm³/mol. The van der Waals surface area contributed by atoms with Gasteiger partial charge in [-0.25, -0.2) is 4.79 Å². The van der Waals surface area contributed by atoms with Crippen molar-refractivity contribution in [1.29, 1.82) is 0 Å². The van der Waals surface area contributed by atoms with Crippen LogP contribution in [0.4, 0.5) is 0 Å². The first-order valence-corrected chi connectivity index (χ1v) is 8.63. The normalized spacial score (nSPS) is 20.9. The van der Waals surface area contributed by atoms with Gasteiger partial charge in [0.1, 0.15) is 0 Å². The molecule has 7 heteroatoms. The number of esters is 1. The number of nitrogens with one attached hydrogen (secondary N) is 1. The topological polar surface area (TPSA) is 55.4 Å². The summed E-state index contributed by atoms with van der Waals surface area (Å²) in [6.07, 6.45) is 4.34. The van der Waals surface area contributed by atoms with Crippen LogP contribution in [0.1, 0.15) is 43.0 Å². The van der Waals surface area contributed by atoms with Crippen molar-refractivity contribution in [2.75, 3.05) is 6.61 Å². The van der Waals surface area contributed by atoms with Crippen molar-refractivity contribution in [2.24, 2.45) is 5.92 Å². The molecule has 2 rings (SSSR count). The largest absolute Gasteiger partial charge is 0.452 e. The van der Waals surface area contributed by atoms with E-state index in [0.29, 0.717) is 5.92 Å². The van der Waals surface area contributed by atoms with E-state index in [9.17, 15) is 9.59 Å². The molecule has 1 aromatic carbocycles. The molecule has 1 amide bonds. The van der Waals surface area contributed by atoms with Gasteiger partial charge in [0.2, 0.25) is 0 Å². The van der Waals surface area contributed by atoms with Crippen LogP contribution in [0.2, 0.25) is 15.1 Å². The number of rotatable bonds is 4. The van der Waals surface area contributed by atoms with Crippen LogP contribution in [0.5, 0.6) is 0 Å². The Hall–Kier alpha value is -0.970. The van der Waals surface area contributed by atoms with Gasteiger partial charge in [-0.15, -0.1) is 0 Å². The molecule has 23 heavy (non-hydrogen) atoms. The third-order valence-corrected chi connectivity index (χ3v) is 5.16. The molecule has 0 aliphatic heterocycles. The average Bonchev–Trinajstić information content (AvgIpc) is 2.51. The van der Waals surface area contributed by atoms with Gasteiger partial charge in [0.15, 0.2) is 6.61 Å². The van der Waals surface area contributed by atoms with Crippen LogP contribution in [0.15, 0.2) is 12.1 Å². The molecule has 2 atom stereocenters. The molecule has 0 heterocycles. The Morgan fingerprint density at radius 1 is 1.17 bits per heavy atom. The van der Waals surface area contributed by atoms with E-state index in [-0.39, 0.29) is 39.2 Å². The fourth-order valence-electron chi connectivity index (χ4n) is 2.70. The van der Waals surface area contributed by atoms with Crippen molar-refractivity contribution in [1.82, 2.24) is 5.32 Å². The summed E-state index contributed by atoms with van der Waals surface area (Å²) in [6.45, 7) is 1.74. The first-order chi connectivity index (χ1) is 10.9. The van der Waals surface area contributed by atoms with E-state index in [1.54, 1.807) is 0 Å². The molecular formula is C16H18Cl3NO3. The van der Waals surface area contributed by atoms with Crippen LogP contribution in [0, 0.1) is 5.92 Å². The lowest BCUT2D eigenvalue weighted by Gasteiger charge is -2.29. The van der Waals surface area contributed by atoms with Gasteiger partial charge < -0.3 is 10.1 Å². The summed E-state index contributed by atoms with van der Waals surface area (Å²) in [6, 6.07) is 3.07. The maximum Gasteiger partial charge on any atom is 0.341 e. The number of ether oxygens (including phenoxy) is 1. The Labute approximate surface area is 150 Å². The van der Waals surface area contributed by atoms with E-state index in [0.717, 1.165) is 19.3 Å². The molecule has 0 saturated heterocycles. The highest BCUT2D eigenvalue weighted by Crippen LogP contribution is 2.31. The van der Waals surface area contributed by atoms with Crippen molar-refractivity contribution >= 4 is 46.7 Å². The number of hydrogen-bond acceptors (Lipinski definition) is 3. The van der Waals surface area contributed by atoms with Crippen molar-refractivity contribution < 1.29 is 14.3 Å². The first kappa shape index (κ1) is 18.4. The van der Waals surface area contributed by atoms with Crippen LogP contribution in [-0.4, -0.2) is 24.5 Å². The molecule has 4 nitrogen and oxygen atoms in total. The van der Waals surface area contributed by atoms with E-state index >= 15 is 0 Å². The summed E-state index contributed by atoms with van der Waals surface area (Å²) in [5, 5.41) is 3.25. The SMILES string of the molecule is C[C@H]1CCCC[C@H]1NC(=O)COC(=O)c1c(Cl)ccc(Cl)c1Cl. The molecule has 0 aromatic heterocycles. The highest BCUT2D eigenvalue weighted by Gasteiger charge is 2.24. The van der Waals surface area contributed by atoms with Crippen molar-refractivity contribution in [3.63, 3.8) is 0 Å². The lowest BCUT2D eigenvalue weighted by Crippen LogP contribution is -2.42. The van der Waals surface area contributed by atoms with Crippen LogP contribution < -0.4 is 5.32 Å². The fraction of sp³-hybridized carbons (Fsp3) is 0.500. The third kappa shape index (κ3) is 4.75. The first-order valence-electron chi connectivity index (χ1n) is 7.50. The van der Waals surface area contributed by atoms with Gasteiger partial charge in [-0.1, -0.05) is 54.6 Å². The van der Waals surface area contributed by atoms with Gasteiger partial charge in [0.25, 0.3) is 5.91 Å². The smallest absolute Gasteiger partial charge is 0.341 e. The average molecular weight is 379 g/mol. The van der Waals surface area contributed by atoms with Gasteiger partial charge in [0.05, 0.1) is 20.6 Å². The second-order valence-corrected chi connectivity index (χ2v) is 6.92. The van der Waals surface area contributed by atoms with Gasteiger partial charge in [-0.2, -0.15) is 0 Å². The molecule has 0 unspecified atom stereocenters. The van der Waals surface area contributed by atoms with Crippen LogP contribution in [-0.2, 0) is 9.53 Å². The molecule has 126 valence electrons. The summed E-state index contributed by atoms with van der Waals surface area (Å²) in [5.41, 5.74) is -0.0281. The summed E-state index contributed by atoms with van der Waals surface area (Å²) in [4.78, 5) is 24.0. The summed E-state index contributed by atoms with van der Waals surface area (Å²) >= 11 is 17.8. The molecular weight excluding hydrogens is 361 g/mol. The minimum absolute atomic E-state index is 0.0190. The number of carbonyl (C=O) groups excluding carboxylic acids is 2. The zero-order valence-electron chi connectivity index (χ0n) is 12.7. The summed E-state index contributed by atoms with van der Waals surface area (Å²) < 4.78 is 5.00. The van der Waals surface area contributed by atoms with Gasteiger partial charge in [0, 0.05) is 6.04 Å². The highest BCUT2D eigenvalue weighted by molar-refractivity contribution is 6.46. The van der Waals surface area contributed by atoms with Crippen molar-refractivity contribution in [3.05, 3.63) is 32.8 Å². The predicted octanol–water partition coefficient (Wildman–Crippen LogP) is 4.50. The Morgan fingerprint density at radius 2 is 1.83 bits per heavy atom. The Balaban J connectivity index is 1.91. The molecule has 1 aliphatic carbocycles. The van der Waals surface area contributed by atoms with Gasteiger partial charge >= 0.3 is 5.97 Å². The Morgan fingerprint density at radius 3 is 2.52 bits per heavy atom. The van der Waals surface area contributed by atoms with Crippen LogP contribution >= 0.6 is 34.8 Å². The maximum absolute atomic E-state index is 12.1. The number of benzene rings is 1. The molecule has 0 spiro atoms. The molecule has 0 radical (unpaired) electrons. The third-order valence-electron chi connectivity index (χ3n) is 4.04. The number of halogens is 3. The van der Waals surface area contributed by atoms with Crippen molar-refractivity contribution in [3.8, 4) is 0 Å². The molecule has 1 aromatic rings. The standard InChI is InChI=1S/C16H18Cl3NO3/c1-9-4-2-3-5-12(9)20-13(21)8-23-16(22)14-10(17)6-7-11(18)15(14)19/h6-7,9,12H,2-5,8H2,1H3,(H,20,21)/t9-,12+/m0/s1. The zero-order chi connectivity index (χ0) is 17.0. The highest BCUT2D eigenvalue weighted by atomic mass is 35.5. The van der Waals surface area contributed by atoms with Gasteiger partial charge in [-0.05, 0) is 30.9 Å². The second kappa shape index (κ2) is 8.22. The monoisotopic (exact) mass is 377 g/mol. The minimum Gasteiger partial charge on any atom is -0.452 e. The van der Waals surface area contributed by atoms with E-state index < -0.39 is 5.97 Å². The van der Waals surface area contributed by atoms with E-state index in [1.807, 2.05) is 0 Å². The number of hydrogen-bond donors (Lipinski definition) is 1. The minimum atomic E-state index is -0.769. The molecule has 1 aliphatic rings. The Bertz CT molecular complexity index is 606. The van der Waals surface area contributed by atoms with Gasteiger partial charge in [-0.3, -0.25) is 4.79 Å². The number of carbonyl (C=O) groups is 2. The van der Waals surface area contributed by atoms with Crippen LogP contribution in [0.25, 0.3) is 0 Å².